The van der Waals surface area contributed by atoms with Crippen molar-refractivity contribution in [3.8, 4) is 11.5 Å². The van der Waals surface area contributed by atoms with Gasteiger partial charge in [-0.1, -0.05) is 6.07 Å². The summed E-state index contributed by atoms with van der Waals surface area (Å²) in [5, 5.41) is 6.32. The van der Waals surface area contributed by atoms with Gasteiger partial charge in [0.05, 0.1) is 26.3 Å². The molecule has 6 heteroatoms. The zero-order valence-corrected chi connectivity index (χ0v) is 17.2. The highest BCUT2D eigenvalue weighted by Gasteiger charge is 2.21. The Bertz CT molecular complexity index is 586. The van der Waals surface area contributed by atoms with Crippen LogP contribution in [0.25, 0.3) is 0 Å². The molecule has 0 saturated carbocycles. The molecule has 0 radical (unpaired) electrons. The van der Waals surface area contributed by atoms with E-state index in [-0.39, 0.29) is 11.9 Å². The summed E-state index contributed by atoms with van der Waals surface area (Å²) in [6.45, 7) is 8.09. The topological polar surface area (TPSA) is 62.8 Å². The largest absolute Gasteiger partial charge is 0.493 e. The second-order valence-electron chi connectivity index (χ2n) is 7.24. The third-order valence-electron chi connectivity index (χ3n) is 5.24. The molecule has 0 aromatic heterocycles. The van der Waals surface area contributed by atoms with Crippen LogP contribution in [-0.2, 0) is 4.79 Å². The minimum atomic E-state index is -0.0738. The standard InChI is InChI=1S/C21H35N3O3/c1-5-27-19-7-6-18(14-20(19)26-4)16(2)23-21(25)15-24-12-9-17(10-13-24)8-11-22-3/h6-7,14,16-17,22H,5,8-13,15H2,1-4H3,(H,23,25). The van der Waals surface area contributed by atoms with E-state index in [0.29, 0.717) is 18.9 Å². The molecule has 1 amide bonds. The van der Waals surface area contributed by atoms with E-state index in [4.69, 9.17) is 9.47 Å². The van der Waals surface area contributed by atoms with Crippen molar-refractivity contribution in [3.63, 3.8) is 0 Å². The number of carbonyl (C=O) groups excluding carboxylic acids is 1. The van der Waals surface area contributed by atoms with E-state index in [1.54, 1.807) is 7.11 Å². The zero-order chi connectivity index (χ0) is 19.6. The van der Waals surface area contributed by atoms with Gasteiger partial charge in [0, 0.05) is 0 Å². The highest BCUT2D eigenvalue weighted by Crippen LogP contribution is 2.30. The average Bonchev–Trinajstić information content (AvgIpc) is 2.67. The summed E-state index contributed by atoms with van der Waals surface area (Å²) in [7, 11) is 3.63. The lowest BCUT2D eigenvalue weighted by Gasteiger charge is -2.31. The molecule has 1 saturated heterocycles. The molecular formula is C21H35N3O3. The van der Waals surface area contributed by atoms with Crippen LogP contribution in [0.2, 0.25) is 0 Å². The minimum Gasteiger partial charge on any atom is -0.493 e. The van der Waals surface area contributed by atoms with Gasteiger partial charge >= 0.3 is 0 Å². The average molecular weight is 378 g/mol. The minimum absolute atomic E-state index is 0.0732. The lowest BCUT2D eigenvalue weighted by molar-refractivity contribution is -0.123. The maximum Gasteiger partial charge on any atom is 0.234 e. The monoisotopic (exact) mass is 377 g/mol. The third-order valence-corrected chi connectivity index (χ3v) is 5.24. The summed E-state index contributed by atoms with van der Waals surface area (Å²) in [5.74, 6) is 2.28. The van der Waals surface area contributed by atoms with Gasteiger partial charge in [-0.05, 0) is 83.4 Å². The van der Waals surface area contributed by atoms with Crippen molar-refractivity contribution >= 4 is 5.91 Å². The molecule has 2 N–H and O–H groups in total. The van der Waals surface area contributed by atoms with E-state index in [2.05, 4.69) is 15.5 Å². The zero-order valence-electron chi connectivity index (χ0n) is 17.2. The Morgan fingerprint density at radius 3 is 2.67 bits per heavy atom. The van der Waals surface area contributed by atoms with Crippen LogP contribution in [0.1, 0.15) is 44.7 Å². The third kappa shape index (κ3) is 6.70. The number of rotatable bonds is 10. The number of nitrogens with one attached hydrogen (secondary N) is 2. The Labute approximate surface area is 163 Å². The summed E-state index contributed by atoms with van der Waals surface area (Å²) in [6, 6.07) is 5.74. The predicted molar refractivity (Wildman–Crippen MR) is 108 cm³/mol. The van der Waals surface area contributed by atoms with Gasteiger partial charge in [0.25, 0.3) is 0 Å². The van der Waals surface area contributed by atoms with Gasteiger partial charge in [0.1, 0.15) is 0 Å². The quantitative estimate of drug-likeness (QED) is 0.656. The van der Waals surface area contributed by atoms with E-state index in [0.717, 1.165) is 36.9 Å². The van der Waals surface area contributed by atoms with Crippen molar-refractivity contribution in [2.75, 3.05) is 46.9 Å². The van der Waals surface area contributed by atoms with Gasteiger partial charge in [-0.3, -0.25) is 9.69 Å². The molecule has 1 aliphatic heterocycles. The molecule has 0 bridgehead atoms. The second-order valence-corrected chi connectivity index (χ2v) is 7.24. The van der Waals surface area contributed by atoms with Crippen LogP contribution in [0.15, 0.2) is 18.2 Å². The van der Waals surface area contributed by atoms with Crippen LogP contribution in [-0.4, -0.2) is 57.8 Å². The number of nitrogens with zero attached hydrogens (tertiary/aromatic N) is 1. The molecule has 1 unspecified atom stereocenters. The van der Waals surface area contributed by atoms with E-state index >= 15 is 0 Å². The number of likely N-dealkylation sites (tertiary alicyclic amines) is 1. The lowest BCUT2D eigenvalue weighted by Crippen LogP contribution is -2.42. The van der Waals surface area contributed by atoms with Crippen LogP contribution < -0.4 is 20.1 Å². The summed E-state index contributed by atoms with van der Waals surface area (Å²) in [6.07, 6.45) is 3.59. The highest BCUT2D eigenvalue weighted by atomic mass is 16.5. The van der Waals surface area contributed by atoms with Crippen LogP contribution in [0.4, 0.5) is 0 Å². The van der Waals surface area contributed by atoms with Crippen LogP contribution in [0.3, 0.4) is 0 Å². The number of amides is 1. The number of hydrogen-bond donors (Lipinski definition) is 2. The first kappa shape index (κ1) is 21.5. The Balaban J connectivity index is 1.82. The first-order chi connectivity index (χ1) is 13.1. The normalized spacial score (nSPS) is 16.7. The molecule has 1 aromatic carbocycles. The van der Waals surface area contributed by atoms with Gasteiger partial charge in [-0.2, -0.15) is 0 Å². The van der Waals surface area contributed by atoms with Crippen LogP contribution in [0.5, 0.6) is 11.5 Å². The molecule has 152 valence electrons. The second kappa shape index (κ2) is 11.1. The lowest BCUT2D eigenvalue weighted by atomic mass is 9.93. The van der Waals surface area contributed by atoms with Gasteiger partial charge in [0.2, 0.25) is 5.91 Å². The Kier molecular flexibility index (Phi) is 8.88. The molecule has 0 aliphatic carbocycles. The van der Waals surface area contributed by atoms with Crippen LogP contribution >= 0.6 is 0 Å². The Morgan fingerprint density at radius 1 is 1.30 bits per heavy atom. The maximum atomic E-state index is 12.5. The molecule has 1 fully saturated rings. The molecule has 6 nitrogen and oxygen atoms in total. The van der Waals surface area contributed by atoms with Crippen molar-refractivity contribution < 1.29 is 14.3 Å². The summed E-state index contributed by atoms with van der Waals surface area (Å²) >= 11 is 0. The summed E-state index contributed by atoms with van der Waals surface area (Å²) in [4.78, 5) is 14.7. The van der Waals surface area contributed by atoms with E-state index in [1.807, 2.05) is 39.1 Å². The molecule has 1 aromatic rings. The van der Waals surface area contributed by atoms with Crippen molar-refractivity contribution in [2.24, 2.45) is 5.92 Å². The van der Waals surface area contributed by atoms with Crippen molar-refractivity contribution in [3.05, 3.63) is 23.8 Å². The number of hydrogen-bond acceptors (Lipinski definition) is 5. The highest BCUT2D eigenvalue weighted by molar-refractivity contribution is 5.78. The van der Waals surface area contributed by atoms with Crippen molar-refractivity contribution in [2.45, 2.75) is 39.2 Å². The predicted octanol–water partition coefficient (Wildman–Crippen LogP) is 2.59. The van der Waals surface area contributed by atoms with Gasteiger partial charge in [0.15, 0.2) is 11.5 Å². The Morgan fingerprint density at radius 2 is 2.04 bits per heavy atom. The fourth-order valence-electron chi connectivity index (χ4n) is 3.58. The first-order valence-corrected chi connectivity index (χ1v) is 10.0. The number of ether oxygens (including phenoxy) is 2. The molecular weight excluding hydrogens is 342 g/mol. The number of methoxy groups -OCH3 is 1. The fraction of sp³-hybridized carbons (Fsp3) is 0.667. The number of benzene rings is 1. The van der Waals surface area contributed by atoms with E-state index in [9.17, 15) is 4.79 Å². The molecule has 2 rings (SSSR count). The van der Waals surface area contributed by atoms with E-state index < -0.39 is 0 Å². The molecule has 1 heterocycles. The smallest absolute Gasteiger partial charge is 0.234 e. The molecule has 1 atom stereocenters. The fourth-order valence-corrected chi connectivity index (χ4v) is 3.58. The maximum absolute atomic E-state index is 12.5. The number of carbonyl (C=O) groups is 1. The van der Waals surface area contributed by atoms with Gasteiger partial charge in [-0.25, -0.2) is 0 Å². The molecule has 0 spiro atoms. The van der Waals surface area contributed by atoms with E-state index in [1.165, 1.54) is 19.3 Å². The number of piperidine rings is 1. The van der Waals surface area contributed by atoms with Crippen molar-refractivity contribution in [1.29, 1.82) is 0 Å². The molecule has 1 aliphatic rings. The van der Waals surface area contributed by atoms with Crippen LogP contribution in [0, 0.1) is 5.92 Å². The summed E-state index contributed by atoms with van der Waals surface area (Å²) in [5.41, 5.74) is 1.01. The van der Waals surface area contributed by atoms with Gasteiger partial charge in [-0.15, -0.1) is 0 Å². The molecule has 27 heavy (non-hydrogen) atoms. The van der Waals surface area contributed by atoms with Crippen molar-refractivity contribution in [1.82, 2.24) is 15.5 Å². The Hall–Kier alpha value is -1.79. The SMILES string of the molecule is CCOc1ccc(C(C)NC(=O)CN2CCC(CCNC)CC2)cc1OC. The first-order valence-electron chi connectivity index (χ1n) is 10.0. The van der Waals surface area contributed by atoms with Gasteiger partial charge < -0.3 is 20.1 Å². The summed E-state index contributed by atoms with van der Waals surface area (Å²) < 4.78 is 11.0.